The van der Waals surface area contributed by atoms with E-state index in [1.165, 1.54) is 0 Å². The molecule has 0 atom stereocenters. The fraction of sp³-hybridized carbons (Fsp3) is 0.100. The average Bonchev–Trinajstić information content (AvgIpc) is 2.26. The summed E-state index contributed by atoms with van der Waals surface area (Å²) in [6, 6.07) is 11.7. The first-order valence-corrected chi connectivity index (χ1v) is 4.26. The van der Waals surface area contributed by atoms with Crippen LogP contribution in [0.2, 0.25) is 0 Å². The second-order valence-electron chi connectivity index (χ2n) is 2.88. The molecule has 1 aromatic carbocycles. The molecule has 80 valence electrons. The van der Waals surface area contributed by atoms with Crippen molar-refractivity contribution in [3.8, 4) is 0 Å². The molecule has 0 radical (unpaired) electrons. The van der Waals surface area contributed by atoms with Crippen molar-refractivity contribution in [1.82, 2.24) is 4.98 Å². The maximum absolute atomic E-state index is 8.17. The molecular weight excluding hydrogens is 176 g/mol. The summed E-state index contributed by atoms with van der Waals surface area (Å²) in [5.74, 6) is 0. The number of hydrogen-bond acceptors (Lipinski definition) is 2. The van der Waals surface area contributed by atoms with Crippen molar-refractivity contribution < 1.29 is 8.56 Å². The lowest BCUT2D eigenvalue weighted by Crippen LogP contribution is -1.87. The minimum atomic E-state index is 0. The Morgan fingerprint density at radius 3 is 3.00 bits per heavy atom. The van der Waals surface area contributed by atoms with Gasteiger partial charge in [0.05, 0.1) is 12.1 Å². The summed E-state index contributed by atoms with van der Waals surface area (Å²) in [7, 11) is 0. The summed E-state index contributed by atoms with van der Waals surface area (Å²) in [6.45, 7) is 0.307. The number of rotatable bonds is 2. The zero-order valence-electron chi connectivity index (χ0n) is 7.46. The summed E-state index contributed by atoms with van der Waals surface area (Å²) in [6.07, 6.45) is 0. The van der Waals surface area contributed by atoms with Gasteiger partial charge in [0.2, 0.25) is 0 Å². The summed E-state index contributed by atoms with van der Waals surface area (Å²) >= 11 is 0. The molecule has 14 heavy (non-hydrogen) atoms. The number of nitrogens with zero attached hydrogens (tertiary/aromatic N) is 4. The molecule has 4 nitrogen and oxygen atoms in total. The Morgan fingerprint density at radius 2 is 2.14 bits per heavy atom. The molecule has 0 fully saturated rings. The SMILES string of the molecule is [HH].[HH].[HH].[HH].[HH].[HH].[N-]=[N+]=NCc1ccc2ccccc2n1. The van der Waals surface area contributed by atoms with Crippen LogP contribution in [0.1, 0.15) is 14.3 Å². The molecular formula is C10H20N4. The molecule has 1 aromatic heterocycles. The van der Waals surface area contributed by atoms with Gasteiger partial charge in [-0.05, 0) is 17.7 Å². The van der Waals surface area contributed by atoms with Gasteiger partial charge in [-0.2, -0.15) is 0 Å². The predicted molar refractivity (Wildman–Crippen MR) is 67.3 cm³/mol. The highest BCUT2D eigenvalue weighted by atomic mass is 15.1. The zero-order chi connectivity index (χ0) is 9.80. The normalized spacial score (nSPS) is 9.71. The molecule has 2 rings (SSSR count). The lowest BCUT2D eigenvalue weighted by atomic mass is 10.2. The predicted octanol–water partition coefficient (Wildman–Crippen LogP) is 4.52. The zero-order valence-corrected chi connectivity index (χ0v) is 7.46. The largest absolute Gasteiger partial charge is 0.253 e. The van der Waals surface area contributed by atoms with Gasteiger partial charge >= 0.3 is 0 Å². The molecule has 0 spiro atoms. The number of azide groups is 1. The van der Waals surface area contributed by atoms with E-state index in [4.69, 9.17) is 5.53 Å². The Morgan fingerprint density at radius 1 is 1.29 bits per heavy atom. The first-order chi connectivity index (χ1) is 6.90. The number of aromatic nitrogens is 1. The van der Waals surface area contributed by atoms with Gasteiger partial charge in [-0.1, -0.05) is 29.4 Å². The highest BCUT2D eigenvalue weighted by Gasteiger charge is 1.95. The lowest BCUT2D eigenvalue weighted by molar-refractivity contribution is 0.990. The first kappa shape index (κ1) is 8.53. The highest BCUT2D eigenvalue weighted by molar-refractivity contribution is 5.78. The first-order valence-electron chi connectivity index (χ1n) is 4.26. The molecule has 0 amide bonds. The number of hydrogen-bond donors (Lipinski definition) is 0. The molecule has 0 unspecified atom stereocenters. The number of para-hydroxylation sites is 1. The number of pyridine rings is 1. The second-order valence-corrected chi connectivity index (χ2v) is 2.88. The van der Waals surface area contributed by atoms with Crippen LogP contribution in [0.3, 0.4) is 0 Å². The molecule has 0 bridgehead atoms. The summed E-state index contributed by atoms with van der Waals surface area (Å²) < 4.78 is 0. The fourth-order valence-corrected chi connectivity index (χ4v) is 1.30. The van der Waals surface area contributed by atoms with Gasteiger partial charge in [0, 0.05) is 24.6 Å². The van der Waals surface area contributed by atoms with Crippen molar-refractivity contribution in [2.24, 2.45) is 5.11 Å². The lowest BCUT2D eigenvalue weighted by Gasteiger charge is -1.98. The monoisotopic (exact) mass is 196 g/mol. The van der Waals surface area contributed by atoms with Crippen LogP contribution in [0.5, 0.6) is 0 Å². The Kier molecular flexibility index (Phi) is 2.30. The molecule has 0 aliphatic rings. The van der Waals surface area contributed by atoms with E-state index in [0.717, 1.165) is 16.6 Å². The van der Waals surface area contributed by atoms with Crippen LogP contribution in [0.25, 0.3) is 21.3 Å². The summed E-state index contributed by atoms with van der Waals surface area (Å²) in [5, 5.41) is 4.56. The minimum Gasteiger partial charge on any atom is -0.253 e. The van der Waals surface area contributed by atoms with Crippen molar-refractivity contribution in [3.05, 3.63) is 52.5 Å². The third-order valence-corrected chi connectivity index (χ3v) is 1.95. The Hall–Kier alpha value is -2.06. The molecule has 0 aliphatic heterocycles. The van der Waals surface area contributed by atoms with Gasteiger partial charge in [0.25, 0.3) is 0 Å². The van der Waals surface area contributed by atoms with E-state index in [0.29, 0.717) is 6.54 Å². The number of fused-ring (bicyclic) bond motifs is 1. The van der Waals surface area contributed by atoms with E-state index < -0.39 is 0 Å². The van der Waals surface area contributed by atoms with Crippen molar-refractivity contribution in [2.75, 3.05) is 0 Å². The van der Waals surface area contributed by atoms with Gasteiger partial charge in [0.1, 0.15) is 0 Å². The standard InChI is InChI=1S/C10H8N4.6H2/c11-14-12-7-9-6-5-8-3-1-2-4-10(8)13-9;;;;;;/h1-6H,7H2;6*1H. The Bertz CT molecular complexity index is 518. The maximum Gasteiger partial charge on any atom is 0.0705 e. The average molecular weight is 196 g/mol. The Balaban J connectivity index is -0.000000125. The van der Waals surface area contributed by atoms with Crippen LogP contribution in [-0.4, -0.2) is 4.98 Å². The van der Waals surface area contributed by atoms with E-state index in [1.807, 2.05) is 36.4 Å². The van der Waals surface area contributed by atoms with Gasteiger partial charge in [0.15, 0.2) is 0 Å². The van der Waals surface area contributed by atoms with Crippen molar-refractivity contribution in [2.45, 2.75) is 6.54 Å². The van der Waals surface area contributed by atoms with Crippen molar-refractivity contribution in [3.63, 3.8) is 0 Å². The molecule has 2 aromatic rings. The molecule has 1 heterocycles. The van der Waals surface area contributed by atoms with Crippen LogP contribution < -0.4 is 0 Å². The third-order valence-electron chi connectivity index (χ3n) is 1.95. The van der Waals surface area contributed by atoms with E-state index in [-0.39, 0.29) is 8.56 Å². The van der Waals surface area contributed by atoms with Crippen LogP contribution in [-0.2, 0) is 6.54 Å². The van der Waals surface area contributed by atoms with E-state index >= 15 is 0 Å². The smallest absolute Gasteiger partial charge is 0.0705 e. The van der Waals surface area contributed by atoms with Gasteiger partial charge in [-0.15, -0.1) is 0 Å². The Labute approximate surface area is 89.7 Å². The molecule has 4 heteroatoms. The van der Waals surface area contributed by atoms with E-state index in [1.54, 1.807) is 0 Å². The minimum absolute atomic E-state index is 0. The van der Waals surface area contributed by atoms with Gasteiger partial charge in [-0.25, -0.2) is 0 Å². The third kappa shape index (κ3) is 1.65. The number of benzene rings is 1. The van der Waals surface area contributed by atoms with Crippen LogP contribution in [0.4, 0.5) is 0 Å². The van der Waals surface area contributed by atoms with E-state index in [9.17, 15) is 0 Å². The van der Waals surface area contributed by atoms with Crippen molar-refractivity contribution >= 4 is 10.9 Å². The van der Waals surface area contributed by atoms with Crippen molar-refractivity contribution in [1.29, 1.82) is 0 Å². The molecule has 0 aliphatic carbocycles. The highest BCUT2D eigenvalue weighted by Crippen LogP contribution is 2.11. The summed E-state index contributed by atoms with van der Waals surface area (Å²) in [4.78, 5) is 7.04. The van der Waals surface area contributed by atoms with Crippen LogP contribution in [0, 0.1) is 0 Å². The van der Waals surface area contributed by atoms with Gasteiger partial charge < -0.3 is 0 Å². The van der Waals surface area contributed by atoms with Crippen LogP contribution in [0.15, 0.2) is 41.5 Å². The molecule has 0 N–H and O–H groups in total. The second kappa shape index (κ2) is 3.77. The summed E-state index contributed by atoms with van der Waals surface area (Å²) in [5.41, 5.74) is 9.89. The molecule has 0 saturated carbocycles. The van der Waals surface area contributed by atoms with E-state index in [2.05, 4.69) is 15.0 Å². The fourth-order valence-electron chi connectivity index (χ4n) is 1.30. The van der Waals surface area contributed by atoms with Crippen LogP contribution >= 0.6 is 0 Å². The maximum atomic E-state index is 8.17. The van der Waals surface area contributed by atoms with Gasteiger partial charge in [-0.3, -0.25) is 4.98 Å². The topological polar surface area (TPSA) is 61.7 Å². The molecule has 0 saturated heterocycles. The quantitative estimate of drug-likeness (QED) is 0.395.